The number of rotatable bonds is 12. The van der Waals surface area contributed by atoms with E-state index in [1.54, 1.807) is 24.7 Å². The highest BCUT2D eigenvalue weighted by atomic mass is 32.2. The standard InChI is InChI=1S/C33H28N6O7S/c1-2-5-26(28-19-35-29-7-4-3-6-27(28)29)31(37-47(44,45)25-12-10-24(11-13-25)39(42)43)20-38(33(40)41)32-17-30(36-46-32)22-8-9-23-18-34-15-14-21(23)16-22/h2-4,6-19,26,31,35,37H,1,5,20H2,(H,40,41)/t26?,31-/m1/s1. The van der Waals surface area contributed by atoms with Crippen molar-refractivity contribution in [2.24, 2.45) is 0 Å². The van der Waals surface area contributed by atoms with Crippen LogP contribution in [0.25, 0.3) is 32.9 Å². The topological polar surface area (TPSA) is 185 Å². The first-order chi connectivity index (χ1) is 22.6. The van der Waals surface area contributed by atoms with Crippen molar-refractivity contribution in [1.29, 1.82) is 0 Å². The predicted molar refractivity (Wildman–Crippen MR) is 176 cm³/mol. The molecular weight excluding hydrogens is 624 g/mol. The minimum Gasteiger partial charge on any atom is -0.465 e. The Morgan fingerprint density at radius 3 is 2.64 bits per heavy atom. The first kappa shape index (κ1) is 31.1. The predicted octanol–water partition coefficient (Wildman–Crippen LogP) is 6.47. The molecule has 0 radical (unpaired) electrons. The van der Waals surface area contributed by atoms with Gasteiger partial charge in [-0.25, -0.2) is 22.8 Å². The van der Waals surface area contributed by atoms with Gasteiger partial charge in [0.25, 0.3) is 5.69 Å². The molecule has 13 nitrogen and oxygen atoms in total. The van der Waals surface area contributed by atoms with Crippen LogP contribution < -0.4 is 9.62 Å². The number of anilines is 1. The van der Waals surface area contributed by atoms with Gasteiger partial charge in [-0.3, -0.25) is 15.1 Å². The monoisotopic (exact) mass is 652 g/mol. The van der Waals surface area contributed by atoms with Gasteiger partial charge < -0.3 is 14.6 Å². The van der Waals surface area contributed by atoms with E-state index in [0.717, 1.165) is 56.4 Å². The number of nitrogens with zero attached hydrogens (tertiary/aromatic N) is 4. The number of carboxylic acid groups (broad SMARTS) is 1. The lowest BCUT2D eigenvalue weighted by Crippen LogP contribution is -2.48. The van der Waals surface area contributed by atoms with Crippen molar-refractivity contribution in [1.82, 2.24) is 19.8 Å². The summed E-state index contributed by atoms with van der Waals surface area (Å²) in [4.78, 5) is 31.3. The summed E-state index contributed by atoms with van der Waals surface area (Å²) >= 11 is 0. The van der Waals surface area contributed by atoms with E-state index in [0.29, 0.717) is 11.3 Å². The number of sulfonamides is 1. The summed E-state index contributed by atoms with van der Waals surface area (Å²) in [5, 5.41) is 28.3. The largest absolute Gasteiger partial charge is 0.465 e. The lowest BCUT2D eigenvalue weighted by Gasteiger charge is -2.30. The Hall–Kier alpha value is -5.86. The number of aromatic amines is 1. The summed E-state index contributed by atoms with van der Waals surface area (Å²) in [6.07, 6.45) is 5.66. The van der Waals surface area contributed by atoms with E-state index >= 15 is 0 Å². The van der Waals surface area contributed by atoms with Gasteiger partial charge in [-0.1, -0.05) is 41.6 Å². The van der Waals surface area contributed by atoms with Crippen molar-refractivity contribution in [3.63, 3.8) is 0 Å². The first-order valence-corrected chi connectivity index (χ1v) is 15.9. The number of amides is 1. The molecule has 1 unspecified atom stereocenters. The molecule has 0 spiro atoms. The van der Waals surface area contributed by atoms with Gasteiger partial charge in [0, 0.05) is 77.1 Å². The molecule has 3 aromatic carbocycles. The molecule has 0 saturated carbocycles. The number of nitro groups is 1. The van der Waals surface area contributed by atoms with Crippen LogP contribution in [0, 0.1) is 10.1 Å². The molecule has 0 fully saturated rings. The van der Waals surface area contributed by atoms with Crippen LogP contribution in [-0.2, 0) is 10.0 Å². The van der Waals surface area contributed by atoms with Crippen molar-refractivity contribution < 1.29 is 27.8 Å². The van der Waals surface area contributed by atoms with Crippen molar-refractivity contribution >= 4 is 49.4 Å². The molecule has 3 heterocycles. The molecule has 1 amide bonds. The molecule has 2 atom stereocenters. The van der Waals surface area contributed by atoms with Crippen LogP contribution >= 0.6 is 0 Å². The fourth-order valence-electron chi connectivity index (χ4n) is 5.58. The van der Waals surface area contributed by atoms with Crippen LogP contribution in [0.3, 0.4) is 0 Å². The SMILES string of the molecule is C=CCC(c1c[nH]c2ccccc12)[C@@H](CN(C(=O)O)c1cc(-c2ccc3cnccc3c2)no1)NS(=O)(=O)c1ccc([N+](=O)[O-])cc1. The summed E-state index contributed by atoms with van der Waals surface area (Å²) in [6.45, 7) is 3.49. The molecule has 0 bridgehead atoms. The van der Waals surface area contributed by atoms with Gasteiger partial charge in [-0.2, -0.15) is 0 Å². The van der Waals surface area contributed by atoms with Gasteiger partial charge in [-0.15, -0.1) is 6.58 Å². The van der Waals surface area contributed by atoms with Crippen molar-refractivity contribution in [3.05, 3.63) is 126 Å². The summed E-state index contributed by atoms with van der Waals surface area (Å²) in [5.41, 5.74) is 2.35. The van der Waals surface area contributed by atoms with Crippen molar-refractivity contribution in [2.75, 3.05) is 11.4 Å². The maximum atomic E-state index is 13.7. The van der Waals surface area contributed by atoms with E-state index in [-0.39, 0.29) is 29.4 Å². The van der Waals surface area contributed by atoms with Gasteiger partial charge in [0.1, 0.15) is 5.69 Å². The van der Waals surface area contributed by atoms with E-state index < -0.39 is 33.0 Å². The van der Waals surface area contributed by atoms with Crippen LogP contribution in [-0.4, -0.2) is 52.3 Å². The average molecular weight is 653 g/mol. The molecule has 6 rings (SSSR count). The van der Waals surface area contributed by atoms with E-state index in [1.807, 2.05) is 48.5 Å². The van der Waals surface area contributed by atoms with E-state index in [9.17, 15) is 28.4 Å². The third kappa shape index (κ3) is 6.45. The fraction of sp³-hybridized carbons (Fsp3) is 0.121. The third-order valence-electron chi connectivity index (χ3n) is 7.90. The van der Waals surface area contributed by atoms with Crippen LogP contribution in [0.1, 0.15) is 17.9 Å². The molecule has 3 aromatic heterocycles. The number of hydrogen-bond acceptors (Lipinski definition) is 8. The Balaban J connectivity index is 1.39. The zero-order valence-electron chi connectivity index (χ0n) is 24.7. The fourth-order valence-corrected chi connectivity index (χ4v) is 6.85. The van der Waals surface area contributed by atoms with Crippen LogP contribution in [0.2, 0.25) is 0 Å². The summed E-state index contributed by atoms with van der Waals surface area (Å²) in [7, 11) is -4.31. The number of aromatic nitrogens is 3. The van der Waals surface area contributed by atoms with Crippen molar-refractivity contribution in [3.8, 4) is 11.3 Å². The molecule has 3 N–H and O–H groups in total. The maximum absolute atomic E-state index is 13.7. The smallest absolute Gasteiger partial charge is 0.414 e. The van der Waals surface area contributed by atoms with Gasteiger partial charge in [0.15, 0.2) is 0 Å². The summed E-state index contributed by atoms with van der Waals surface area (Å²) < 4.78 is 35.7. The highest BCUT2D eigenvalue weighted by molar-refractivity contribution is 7.89. The van der Waals surface area contributed by atoms with Gasteiger partial charge in [-0.05, 0) is 47.7 Å². The Morgan fingerprint density at radius 1 is 1.11 bits per heavy atom. The number of non-ortho nitro benzene ring substituents is 1. The Morgan fingerprint density at radius 2 is 1.89 bits per heavy atom. The number of H-pyrrole nitrogens is 1. The molecule has 6 aromatic rings. The number of benzene rings is 3. The molecule has 0 aliphatic heterocycles. The number of nitro benzene ring substituents is 1. The number of pyridine rings is 1. The lowest BCUT2D eigenvalue weighted by atomic mass is 9.88. The second kappa shape index (κ2) is 12.9. The van der Waals surface area contributed by atoms with Crippen LogP contribution in [0.5, 0.6) is 0 Å². The normalized spacial score (nSPS) is 12.9. The minimum atomic E-state index is -4.31. The molecule has 238 valence electrons. The number of fused-ring (bicyclic) bond motifs is 2. The molecule has 0 saturated heterocycles. The minimum absolute atomic E-state index is 0.113. The van der Waals surface area contributed by atoms with Gasteiger partial charge in [0.05, 0.1) is 9.82 Å². The van der Waals surface area contributed by atoms with Crippen LogP contribution in [0.4, 0.5) is 16.4 Å². The van der Waals surface area contributed by atoms with E-state index in [1.165, 1.54) is 6.07 Å². The number of para-hydroxylation sites is 1. The number of carbonyl (C=O) groups is 1. The third-order valence-corrected chi connectivity index (χ3v) is 9.41. The van der Waals surface area contributed by atoms with E-state index in [4.69, 9.17) is 4.52 Å². The number of allylic oxidation sites excluding steroid dienone is 1. The number of hydrogen-bond donors (Lipinski definition) is 3. The maximum Gasteiger partial charge on any atom is 0.414 e. The zero-order chi connectivity index (χ0) is 33.1. The number of nitrogens with one attached hydrogen (secondary N) is 2. The van der Waals surface area contributed by atoms with Crippen LogP contribution in [0.15, 0.2) is 120 Å². The Kier molecular flexibility index (Phi) is 8.52. The lowest BCUT2D eigenvalue weighted by molar-refractivity contribution is -0.384. The highest BCUT2D eigenvalue weighted by Crippen LogP contribution is 2.34. The Bertz CT molecular complexity index is 2210. The van der Waals surface area contributed by atoms with Gasteiger partial charge in [0.2, 0.25) is 15.9 Å². The Labute approximate surface area is 268 Å². The second-order valence-corrected chi connectivity index (χ2v) is 12.5. The van der Waals surface area contributed by atoms with E-state index in [2.05, 4.69) is 26.4 Å². The summed E-state index contributed by atoms with van der Waals surface area (Å²) in [6, 6.07) is 19.7. The zero-order valence-corrected chi connectivity index (χ0v) is 25.5. The molecule has 47 heavy (non-hydrogen) atoms. The second-order valence-electron chi connectivity index (χ2n) is 10.8. The molecule has 0 aliphatic carbocycles. The summed E-state index contributed by atoms with van der Waals surface area (Å²) in [5.74, 6) is -0.715. The highest BCUT2D eigenvalue weighted by Gasteiger charge is 2.34. The van der Waals surface area contributed by atoms with Gasteiger partial charge >= 0.3 is 6.09 Å². The average Bonchev–Trinajstić information content (AvgIpc) is 3.73. The molecule has 14 heteroatoms. The first-order valence-electron chi connectivity index (χ1n) is 14.4. The molecule has 0 aliphatic rings. The van der Waals surface area contributed by atoms with Crippen molar-refractivity contribution in [2.45, 2.75) is 23.3 Å². The quantitative estimate of drug-likeness (QED) is 0.0757. The molecular formula is C33H28N6O7S.